The zero-order valence-electron chi connectivity index (χ0n) is 9.78. The number of aromatic amines is 1. The number of nitrogens with two attached hydrogens (primary N) is 1. The summed E-state index contributed by atoms with van der Waals surface area (Å²) in [4.78, 5) is 22.1. The molecule has 0 amide bonds. The fourth-order valence-corrected chi connectivity index (χ4v) is 2.57. The van der Waals surface area contributed by atoms with Crippen molar-refractivity contribution in [1.29, 1.82) is 0 Å². The van der Waals surface area contributed by atoms with E-state index in [-0.39, 0.29) is 29.6 Å². The number of fused-ring (bicyclic) bond motifs is 1. The van der Waals surface area contributed by atoms with Gasteiger partial charge in [-0.25, -0.2) is 4.98 Å². The second kappa shape index (κ2) is 4.48. The van der Waals surface area contributed by atoms with Crippen LogP contribution in [0.3, 0.4) is 0 Å². The molecule has 1 aliphatic heterocycles. The van der Waals surface area contributed by atoms with Gasteiger partial charge < -0.3 is 15.6 Å². The Hall–Kier alpha value is -1.64. The van der Waals surface area contributed by atoms with Gasteiger partial charge in [0.05, 0.1) is 24.4 Å². The minimum Gasteiger partial charge on any atom is -0.394 e. The third kappa shape index (κ3) is 1.97. The summed E-state index contributed by atoms with van der Waals surface area (Å²) >= 11 is 6.19. The van der Waals surface area contributed by atoms with E-state index >= 15 is 0 Å². The average Bonchev–Trinajstić information content (AvgIpc) is 2.92. The zero-order valence-corrected chi connectivity index (χ0v) is 10.5. The molecule has 3 unspecified atom stereocenters. The minimum absolute atomic E-state index is 0.00192. The van der Waals surface area contributed by atoms with Gasteiger partial charge in [0, 0.05) is 0 Å². The first kappa shape index (κ1) is 12.4. The molecule has 1 saturated heterocycles. The van der Waals surface area contributed by atoms with Crippen molar-refractivity contribution >= 4 is 28.7 Å². The molecule has 8 nitrogen and oxygen atoms in total. The first-order valence-electron chi connectivity index (χ1n) is 5.73. The van der Waals surface area contributed by atoms with Crippen LogP contribution in [0.15, 0.2) is 11.1 Å². The Bertz CT molecular complexity index is 669. The van der Waals surface area contributed by atoms with Gasteiger partial charge in [-0.05, 0) is 6.42 Å². The van der Waals surface area contributed by atoms with Crippen molar-refractivity contribution in [2.24, 2.45) is 0 Å². The van der Waals surface area contributed by atoms with Gasteiger partial charge in [-0.3, -0.25) is 14.3 Å². The molecule has 2 aromatic rings. The summed E-state index contributed by atoms with van der Waals surface area (Å²) in [5.41, 5.74) is 5.60. The summed E-state index contributed by atoms with van der Waals surface area (Å²) < 4.78 is 7.17. The predicted octanol–water partition coefficient (Wildman–Crippen LogP) is -0.411. The van der Waals surface area contributed by atoms with E-state index in [0.717, 1.165) is 0 Å². The SMILES string of the molecule is Nc1nc2c(ncn2C2OC(CO)CC2Cl)c(=O)[nH]1. The van der Waals surface area contributed by atoms with Crippen LogP contribution >= 0.6 is 11.6 Å². The van der Waals surface area contributed by atoms with Crippen LogP contribution in [0.5, 0.6) is 0 Å². The zero-order chi connectivity index (χ0) is 13.6. The maximum atomic E-state index is 11.7. The molecule has 0 spiro atoms. The van der Waals surface area contributed by atoms with Gasteiger partial charge in [-0.2, -0.15) is 4.98 Å². The number of aliphatic hydroxyl groups excluding tert-OH is 1. The van der Waals surface area contributed by atoms with Crippen molar-refractivity contribution in [3.8, 4) is 0 Å². The second-order valence-electron chi connectivity index (χ2n) is 4.36. The summed E-state index contributed by atoms with van der Waals surface area (Å²) in [5.74, 6) is 0.00192. The molecule has 3 rings (SSSR count). The van der Waals surface area contributed by atoms with Gasteiger partial charge in [0.25, 0.3) is 5.56 Å². The number of nitrogens with zero attached hydrogens (tertiary/aromatic N) is 3. The normalized spacial score (nSPS) is 27.2. The van der Waals surface area contributed by atoms with Crippen LogP contribution in [-0.4, -0.2) is 42.7 Å². The standard InChI is InChI=1S/C10H12ClN5O3/c11-5-1-4(2-17)19-9(5)16-3-13-6-7(16)14-10(12)15-8(6)18/h3-5,9,17H,1-2H2,(H3,12,14,15,18). The molecule has 3 heterocycles. The van der Waals surface area contributed by atoms with Crippen LogP contribution in [0.2, 0.25) is 0 Å². The first-order valence-corrected chi connectivity index (χ1v) is 6.16. The van der Waals surface area contributed by atoms with Crippen molar-refractivity contribution in [2.75, 3.05) is 12.3 Å². The topological polar surface area (TPSA) is 119 Å². The maximum Gasteiger partial charge on any atom is 0.280 e. The van der Waals surface area contributed by atoms with Crippen LogP contribution in [0.1, 0.15) is 12.6 Å². The number of nitrogens with one attached hydrogen (secondary N) is 1. The lowest BCUT2D eigenvalue weighted by molar-refractivity contribution is -0.0199. The van der Waals surface area contributed by atoms with Crippen LogP contribution in [0.25, 0.3) is 11.2 Å². The molecular formula is C10H12ClN5O3. The lowest BCUT2D eigenvalue weighted by atomic mass is 10.2. The molecule has 102 valence electrons. The van der Waals surface area contributed by atoms with Crippen molar-refractivity contribution in [1.82, 2.24) is 19.5 Å². The number of halogens is 1. The molecule has 1 fully saturated rings. The molecule has 9 heteroatoms. The monoisotopic (exact) mass is 285 g/mol. The first-order chi connectivity index (χ1) is 9.10. The van der Waals surface area contributed by atoms with Crippen LogP contribution in [-0.2, 0) is 4.74 Å². The second-order valence-corrected chi connectivity index (χ2v) is 4.92. The molecule has 0 radical (unpaired) electrons. The third-order valence-electron chi connectivity index (χ3n) is 3.06. The minimum atomic E-state index is -0.530. The van der Waals surface area contributed by atoms with Gasteiger partial charge in [0.1, 0.15) is 0 Å². The third-order valence-corrected chi connectivity index (χ3v) is 3.45. The highest BCUT2D eigenvalue weighted by Gasteiger charge is 2.36. The largest absolute Gasteiger partial charge is 0.394 e. The van der Waals surface area contributed by atoms with Crippen molar-refractivity contribution in [3.05, 3.63) is 16.7 Å². The molecule has 0 aliphatic carbocycles. The molecule has 1 aliphatic rings. The number of nitrogen functional groups attached to an aromatic ring is 1. The molecular weight excluding hydrogens is 274 g/mol. The van der Waals surface area contributed by atoms with E-state index in [1.807, 2.05) is 0 Å². The van der Waals surface area contributed by atoms with E-state index in [4.69, 9.17) is 27.2 Å². The quantitative estimate of drug-likeness (QED) is 0.645. The number of aromatic nitrogens is 4. The fraction of sp³-hybridized carbons (Fsp3) is 0.500. The maximum absolute atomic E-state index is 11.7. The van der Waals surface area contributed by atoms with E-state index in [1.165, 1.54) is 6.33 Å². The van der Waals surface area contributed by atoms with E-state index in [9.17, 15) is 4.79 Å². The van der Waals surface area contributed by atoms with Crippen LogP contribution in [0, 0.1) is 0 Å². The van der Waals surface area contributed by atoms with E-state index in [2.05, 4.69) is 15.0 Å². The van der Waals surface area contributed by atoms with Gasteiger partial charge in [0.2, 0.25) is 5.95 Å². The smallest absolute Gasteiger partial charge is 0.280 e. The van der Waals surface area contributed by atoms with Crippen molar-refractivity contribution in [2.45, 2.75) is 24.1 Å². The predicted molar refractivity (Wildman–Crippen MR) is 67.8 cm³/mol. The molecule has 3 atom stereocenters. The summed E-state index contributed by atoms with van der Waals surface area (Å²) in [6.45, 7) is -0.109. The number of imidazole rings is 1. The number of rotatable bonds is 2. The Labute approximate surface area is 112 Å². The number of ether oxygens (including phenoxy) is 1. The number of hydrogen-bond donors (Lipinski definition) is 3. The molecule has 0 bridgehead atoms. The molecule has 4 N–H and O–H groups in total. The number of hydrogen-bond acceptors (Lipinski definition) is 6. The van der Waals surface area contributed by atoms with Crippen LogP contribution in [0.4, 0.5) is 5.95 Å². The highest BCUT2D eigenvalue weighted by molar-refractivity contribution is 6.21. The summed E-state index contributed by atoms with van der Waals surface area (Å²) in [6.07, 6.45) is 1.09. The highest BCUT2D eigenvalue weighted by Crippen LogP contribution is 2.33. The van der Waals surface area contributed by atoms with E-state index < -0.39 is 11.8 Å². The molecule has 0 aromatic carbocycles. The lowest BCUT2D eigenvalue weighted by Crippen LogP contribution is -2.18. The Balaban J connectivity index is 2.09. The Morgan fingerprint density at radius 2 is 2.47 bits per heavy atom. The summed E-state index contributed by atoms with van der Waals surface area (Å²) in [5, 5.41) is 8.77. The Morgan fingerprint density at radius 3 is 3.16 bits per heavy atom. The average molecular weight is 286 g/mol. The number of anilines is 1. The number of aliphatic hydroxyl groups is 1. The van der Waals surface area contributed by atoms with Gasteiger partial charge in [0.15, 0.2) is 17.4 Å². The highest BCUT2D eigenvalue weighted by atomic mass is 35.5. The lowest BCUT2D eigenvalue weighted by Gasteiger charge is -2.15. The Kier molecular flexibility index (Phi) is 2.92. The van der Waals surface area contributed by atoms with E-state index in [0.29, 0.717) is 12.1 Å². The fourth-order valence-electron chi connectivity index (χ4n) is 2.19. The molecule has 19 heavy (non-hydrogen) atoms. The van der Waals surface area contributed by atoms with Crippen molar-refractivity contribution < 1.29 is 9.84 Å². The Morgan fingerprint density at radius 1 is 1.68 bits per heavy atom. The van der Waals surface area contributed by atoms with Gasteiger partial charge >= 0.3 is 0 Å². The van der Waals surface area contributed by atoms with Gasteiger partial charge in [-0.1, -0.05) is 0 Å². The van der Waals surface area contributed by atoms with Gasteiger partial charge in [-0.15, -0.1) is 11.6 Å². The van der Waals surface area contributed by atoms with Crippen molar-refractivity contribution in [3.63, 3.8) is 0 Å². The number of alkyl halides is 1. The van der Waals surface area contributed by atoms with Crippen LogP contribution < -0.4 is 11.3 Å². The molecule has 0 saturated carbocycles. The molecule has 2 aromatic heterocycles. The summed E-state index contributed by atoms with van der Waals surface area (Å²) in [7, 11) is 0. The number of H-pyrrole nitrogens is 1. The van der Waals surface area contributed by atoms with E-state index in [1.54, 1.807) is 4.57 Å². The summed E-state index contributed by atoms with van der Waals surface area (Å²) in [6, 6.07) is 0.